The Labute approximate surface area is 160 Å². The van der Waals surface area contributed by atoms with Gasteiger partial charge in [0.05, 0.1) is 5.25 Å². The lowest BCUT2D eigenvalue weighted by Gasteiger charge is -2.12. The molecule has 0 aliphatic carbocycles. The normalized spacial score (nSPS) is 12.2. The van der Waals surface area contributed by atoms with Crippen LogP contribution in [0.4, 0.5) is 5.82 Å². The first kappa shape index (κ1) is 18.5. The number of benzene rings is 1. The summed E-state index contributed by atoms with van der Waals surface area (Å²) in [5, 5.41) is 16.0. The predicted octanol–water partition coefficient (Wildman–Crippen LogP) is 3.94. The molecule has 9 heteroatoms. The van der Waals surface area contributed by atoms with E-state index in [9.17, 15) is 4.79 Å². The van der Waals surface area contributed by atoms with E-state index in [0.29, 0.717) is 34.0 Å². The van der Waals surface area contributed by atoms with Crippen LogP contribution in [0.1, 0.15) is 19.1 Å². The first-order valence-corrected chi connectivity index (χ1v) is 9.30. The molecule has 7 nitrogen and oxygen atoms in total. The molecule has 0 aliphatic heterocycles. The van der Waals surface area contributed by atoms with Gasteiger partial charge < -0.3 is 14.4 Å². The number of halogens is 1. The van der Waals surface area contributed by atoms with Gasteiger partial charge in [0, 0.05) is 23.7 Å². The van der Waals surface area contributed by atoms with E-state index in [-0.39, 0.29) is 11.2 Å². The Balaban J connectivity index is 1.74. The monoisotopic (exact) mass is 391 g/mol. The van der Waals surface area contributed by atoms with E-state index >= 15 is 0 Å². The van der Waals surface area contributed by atoms with Gasteiger partial charge in [-0.05, 0) is 37.6 Å². The molecule has 0 spiro atoms. The number of aromatic nitrogens is 4. The fraction of sp³-hybridized carbons (Fsp3) is 0.294. The van der Waals surface area contributed by atoms with Crippen LogP contribution in [0.25, 0.3) is 11.4 Å². The van der Waals surface area contributed by atoms with Crippen LogP contribution in [-0.2, 0) is 11.8 Å². The maximum absolute atomic E-state index is 12.5. The van der Waals surface area contributed by atoms with Crippen molar-refractivity contribution in [3.05, 3.63) is 41.1 Å². The minimum Gasteiger partial charge on any atom is -0.360 e. The van der Waals surface area contributed by atoms with Gasteiger partial charge in [-0.15, -0.1) is 10.2 Å². The summed E-state index contributed by atoms with van der Waals surface area (Å²) in [5.41, 5.74) is 0.909. The fourth-order valence-corrected chi connectivity index (χ4v) is 3.40. The molecule has 2 heterocycles. The molecule has 0 bridgehead atoms. The lowest BCUT2D eigenvalue weighted by Crippen LogP contribution is -2.25. The van der Waals surface area contributed by atoms with Gasteiger partial charge in [-0.3, -0.25) is 4.79 Å². The Morgan fingerprint density at radius 1 is 1.35 bits per heavy atom. The van der Waals surface area contributed by atoms with E-state index in [1.165, 1.54) is 11.8 Å². The van der Waals surface area contributed by atoms with Gasteiger partial charge in [0.2, 0.25) is 5.91 Å². The molecule has 1 unspecified atom stereocenters. The Kier molecular flexibility index (Phi) is 5.63. The zero-order valence-corrected chi connectivity index (χ0v) is 16.1. The number of rotatable bonds is 6. The number of aryl methyl sites for hydroxylation is 1. The Hall–Kier alpha value is -2.32. The topological polar surface area (TPSA) is 85.8 Å². The first-order valence-electron chi connectivity index (χ1n) is 8.04. The van der Waals surface area contributed by atoms with Gasteiger partial charge in [0.25, 0.3) is 0 Å². The van der Waals surface area contributed by atoms with Crippen LogP contribution in [0.3, 0.4) is 0 Å². The molecule has 0 radical (unpaired) electrons. The molecule has 0 saturated heterocycles. The molecule has 3 rings (SSSR count). The van der Waals surface area contributed by atoms with Gasteiger partial charge in [-0.25, -0.2) is 0 Å². The number of anilines is 1. The number of hydrogen-bond donors (Lipinski definition) is 1. The van der Waals surface area contributed by atoms with Crippen molar-refractivity contribution in [3.8, 4) is 11.4 Å². The number of thioether (sulfide) groups is 1. The first-order chi connectivity index (χ1) is 12.5. The second kappa shape index (κ2) is 7.92. The van der Waals surface area contributed by atoms with Gasteiger partial charge in [-0.2, -0.15) is 0 Å². The molecule has 2 aromatic heterocycles. The average Bonchev–Trinajstić information content (AvgIpc) is 3.19. The van der Waals surface area contributed by atoms with Gasteiger partial charge in [-0.1, -0.05) is 35.4 Å². The van der Waals surface area contributed by atoms with Crippen molar-refractivity contribution in [1.82, 2.24) is 19.9 Å². The maximum Gasteiger partial charge on any atom is 0.239 e. The highest BCUT2D eigenvalue weighted by Gasteiger charge is 2.22. The van der Waals surface area contributed by atoms with Crippen LogP contribution in [0.15, 0.2) is 40.0 Å². The summed E-state index contributed by atoms with van der Waals surface area (Å²) in [5.74, 6) is 1.61. The van der Waals surface area contributed by atoms with E-state index in [1.807, 2.05) is 30.7 Å². The number of carbonyl (C=O) groups is 1. The third-order valence-corrected chi connectivity index (χ3v) is 5.38. The summed E-state index contributed by atoms with van der Waals surface area (Å²) in [6.07, 6.45) is 0.635. The van der Waals surface area contributed by atoms with Crippen LogP contribution in [0.2, 0.25) is 5.02 Å². The van der Waals surface area contributed by atoms with E-state index in [1.54, 1.807) is 25.1 Å². The van der Waals surface area contributed by atoms with Crippen LogP contribution in [-0.4, -0.2) is 31.1 Å². The van der Waals surface area contributed by atoms with Crippen LogP contribution >= 0.6 is 23.4 Å². The summed E-state index contributed by atoms with van der Waals surface area (Å²) < 4.78 is 6.83. The number of nitrogens with one attached hydrogen (secondary N) is 1. The largest absolute Gasteiger partial charge is 0.360 e. The molecule has 26 heavy (non-hydrogen) atoms. The molecule has 3 aromatic rings. The number of hydrogen-bond acceptors (Lipinski definition) is 6. The standard InChI is InChI=1S/C17H18ClN5O2S/c1-4-13(16(24)19-14-9-10(2)25-22-14)26-17-21-20-15(23(17)3)11-5-7-12(18)8-6-11/h5-9,13H,4H2,1-3H3,(H,19,22,24). The highest BCUT2D eigenvalue weighted by molar-refractivity contribution is 8.00. The summed E-state index contributed by atoms with van der Waals surface area (Å²) in [6, 6.07) is 9.06. The van der Waals surface area contributed by atoms with Crippen LogP contribution < -0.4 is 5.32 Å². The zero-order valence-electron chi connectivity index (χ0n) is 14.6. The summed E-state index contributed by atoms with van der Waals surface area (Å²) >= 11 is 7.29. The molecular formula is C17H18ClN5O2S. The Bertz CT molecular complexity index is 906. The quantitative estimate of drug-likeness (QED) is 0.640. The second-order valence-corrected chi connectivity index (χ2v) is 7.31. The molecular weight excluding hydrogens is 374 g/mol. The van der Waals surface area contributed by atoms with E-state index in [4.69, 9.17) is 16.1 Å². The molecule has 0 fully saturated rings. The van der Waals surface area contributed by atoms with Crippen LogP contribution in [0.5, 0.6) is 0 Å². The van der Waals surface area contributed by atoms with Gasteiger partial charge in [0.15, 0.2) is 16.8 Å². The van der Waals surface area contributed by atoms with Crippen molar-refractivity contribution < 1.29 is 9.32 Å². The third-order valence-electron chi connectivity index (χ3n) is 3.73. The summed E-state index contributed by atoms with van der Waals surface area (Å²) in [7, 11) is 1.87. The average molecular weight is 392 g/mol. The van der Waals surface area contributed by atoms with Crippen molar-refractivity contribution in [2.24, 2.45) is 7.05 Å². The zero-order chi connectivity index (χ0) is 18.7. The predicted molar refractivity (Wildman–Crippen MR) is 101 cm³/mol. The highest BCUT2D eigenvalue weighted by Crippen LogP contribution is 2.28. The maximum atomic E-state index is 12.5. The SMILES string of the molecule is CCC(Sc1nnc(-c2ccc(Cl)cc2)n1C)C(=O)Nc1cc(C)on1. The molecule has 1 aromatic carbocycles. The third kappa shape index (κ3) is 4.08. The molecule has 0 saturated carbocycles. The lowest BCUT2D eigenvalue weighted by atomic mass is 10.2. The highest BCUT2D eigenvalue weighted by atomic mass is 35.5. The fourth-order valence-electron chi connectivity index (χ4n) is 2.35. The van der Waals surface area contributed by atoms with Gasteiger partial charge >= 0.3 is 0 Å². The number of nitrogens with zero attached hydrogens (tertiary/aromatic N) is 4. The van der Waals surface area contributed by atoms with Crippen molar-refractivity contribution in [1.29, 1.82) is 0 Å². The molecule has 1 amide bonds. The number of carbonyl (C=O) groups excluding carboxylic acids is 1. The molecule has 136 valence electrons. The van der Waals surface area contributed by atoms with Crippen molar-refractivity contribution in [2.75, 3.05) is 5.32 Å². The number of amides is 1. The molecule has 0 aliphatic rings. The van der Waals surface area contributed by atoms with Crippen molar-refractivity contribution >= 4 is 35.1 Å². The minimum absolute atomic E-state index is 0.151. The van der Waals surface area contributed by atoms with E-state index in [2.05, 4.69) is 20.7 Å². The van der Waals surface area contributed by atoms with E-state index in [0.717, 1.165) is 5.56 Å². The smallest absolute Gasteiger partial charge is 0.239 e. The lowest BCUT2D eigenvalue weighted by molar-refractivity contribution is -0.115. The summed E-state index contributed by atoms with van der Waals surface area (Å²) in [4.78, 5) is 12.5. The minimum atomic E-state index is -0.326. The van der Waals surface area contributed by atoms with Crippen molar-refractivity contribution in [3.63, 3.8) is 0 Å². The van der Waals surface area contributed by atoms with Crippen LogP contribution in [0, 0.1) is 6.92 Å². The Morgan fingerprint density at radius 2 is 2.08 bits per heavy atom. The Morgan fingerprint density at radius 3 is 2.69 bits per heavy atom. The summed E-state index contributed by atoms with van der Waals surface area (Å²) in [6.45, 7) is 3.72. The van der Waals surface area contributed by atoms with Gasteiger partial charge in [0.1, 0.15) is 5.76 Å². The molecule has 1 atom stereocenters. The molecule has 1 N–H and O–H groups in total. The van der Waals surface area contributed by atoms with E-state index < -0.39 is 0 Å². The second-order valence-electron chi connectivity index (χ2n) is 5.70. The van der Waals surface area contributed by atoms with Crippen molar-refractivity contribution in [2.45, 2.75) is 30.7 Å².